The van der Waals surface area contributed by atoms with Gasteiger partial charge in [-0.25, -0.2) is 0 Å². The number of anilines is 2. The zero-order valence-electron chi connectivity index (χ0n) is 15.0. The number of likely N-dealkylation sites (tertiary alicyclic amines) is 1. The van der Waals surface area contributed by atoms with Crippen LogP contribution in [0.5, 0.6) is 11.5 Å². The number of methoxy groups -OCH3 is 1. The summed E-state index contributed by atoms with van der Waals surface area (Å²) in [5, 5.41) is 16.2. The van der Waals surface area contributed by atoms with Crippen LogP contribution in [-0.4, -0.2) is 47.6 Å². The van der Waals surface area contributed by atoms with Gasteiger partial charge in [0.25, 0.3) is 5.91 Å². The second-order valence-corrected chi connectivity index (χ2v) is 6.89. The van der Waals surface area contributed by atoms with Crippen molar-refractivity contribution in [1.29, 1.82) is 0 Å². The predicted octanol–water partition coefficient (Wildman–Crippen LogP) is 2.44. The number of carbonyl (C=O) groups is 2. The number of fused-ring (bicyclic) bond motifs is 1. The van der Waals surface area contributed by atoms with Crippen molar-refractivity contribution in [1.82, 2.24) is 4.90 Å². The smallest absolute Gasteiger partial charge is 0.253 e. The largest absolute Gasteiger partial charge is 0.504 e. The molecule has 0 aliphatic carbocycles. The van der Waals surface area contributed by atoms with E-state index in [1.54, 1.807) is 17.0 Å². The number of para-hydroxylation sites is 2. The number of ether oxygens (including phenoxy) is 1. The van der Waals surface area contributed by atoms with Crippen LogP contribution in [0, 0.1) is 0 Å². The Labute approximate surface area is 156 Å². The Morgan fingerprint density at radius 3 is 2.52 bits per heavy atom. The molecule has 27 heavy (non-hydrogen) atoms. The van der Waals surface area contributed by atoms with E-state index < -0.39 is 5.54 Å². The third kappa shape index (κ3) is 2.95. The summed E-state index contributed by atoms with van der Waals surface area (Å²) in [7, 11) is 1.46. The number of hydrogen-bond donors (Lipinski definition) is 3. The highest BCUT2D eigenvalue weighted by Crippen LogP contribution is 2.36. The summed E-state index contributed by atoms with van der Waals surface area (Å²) in [6, 6.07) is 12.2. The molecule has 7 heteroatoms. The van der Waals surface area contributed by atoms with Crippen molar-refractivity contribution in [3.05, 3.63) is 48.0 Å². The molecule has 2 aromatic carbocycles. The Morgan fingerprint density at radius 2 is 1.85 bits per heavy atom. The van der Waals surface area contributed by atoms with Crippen molar-refractivity contribution < 1.29 is 19.4 Å². The molecule has 4 rings (SSSR count). The Balaban J connectivity index is 1.48. The van der Waals surface area contributed by atoms with Gasteiger partial charge in [-0.15, -0.1) is 0 Å². The molecule has 0 unspecified atom stereocenters. The maximum Gasteiger partial charge on any atom is 0.253 e. The molecule has 0 saturated carbocycles. The van der Waals surface area contributed by atoms with Crippen molar-refractivity contribution in [3.8, 4) is 11.5 Å². The van der Waals surface area contributed by atoms with Gasteiger partial charge in [-0.3, -0.25) is 9.59 Å². The minimum absolute atomic E-state index is 0.0598. The fourth-order valence-corrected chi connectivity index (χ4v) is 3.71. The van der Waals surface area contributed by atoms with Crippen LogP contribution in [0.3, 0.4) is 0 Å². The number of carbonyl (C=O) groups excluding carboxylic acids is 2. The fraction of sp³-hybridized carbons (Fsp3) is 0.300. The molecule has 1 fully saturated rings. The van der Waals surface area contributed by atoms with Crippen LogP contribution < -0.4 is 15.4 Å². The molecule has 1 saturated heterocycles. The summed E-state index contributed by atoms with van der Waals surface area (Å²) in [6.45, 7) is 0.905. The highest BCUT2D eigenvalue weighted by atomic mass is 16.5. The van der Waals surface area contributed by atoms with Gasteiger partial charge in [0.2, 0.25) is 5.91 Å². The first-order chi connectivity index (χ1) is 13.0. The molecule has 0 atom stereocenters. The number of rotatable bonds is 2. The molecule has 7 nitrogen and oxygen atoms in total. The Hall–Kier alpha value is -3.22. The van der Waals surface area contributed by atoms with Crippen LogP contribution in [0.2, 0.25) is 0 Å². The van der Waals surface area contributed by atoms with Crippen LogP contribution in [0.15, 0.2) is 42.5 Å². The van der Waals surface area contributed by atoms with Crippen molar-refractivity contribution in [2.24, 2.45) is 0 Å². The van der Waals surface area contributed by atoms with Crippen LogP contribution in [-0.2, 0) is 4.79 Å². The summed E-state index contributed by atoms with van der Waals surface area (Å²) in [5.41, 5.74) is 1.38. The summed E-state index contributed by atoms with van der Waals surface area (Å²) in [6.07, 6.45) is 1.03. The Kier molecular flexibility index (Phi) is 4.14. The average Bonchev–Trinajstić information content (AvgIpc) is 2.69. The molecular weight excluding hydrogens is 346 g/mol. The lowest BCUT2D eigenvalue weighted by Crippen LogP contribution is -2.59. The van der Waals surface area contributed by atoms with Gasteiger partial charge in [0.1, 0.15) is 5.54 Å². The summed E-state index contributed by atoms with van der Waals surface area (Å²) in [4.78, 5) is 27.1. The normalized spacial score (nSPS) is 17.7. The van der Waals surface area contributed by atoms with E-state index in [0.717, 1.165) is 11.4 Å². The minimum Gasteiger partial charge on any atom is -0.504 e. The molecule has 0 aromatic heterocycles. The quantitative estimate of drug-likeness (QED) is 0.758. The Bertz CT molecular complexity index is 904. The van der Waals surface area contributed by atoms with Gasteiger partial charge >= 0.3 is 0 Å². The van der Waals surface area contributed by atoms with Gasteiger partial charge in [-0.2, -0.15) is 0 Å². The third-order valence-electron chi connectivity index (χ3n) is 5.31. The topological polar surface area (TPSA) is 90.9 Å². The minimum atomic E-state index is -0.701. The lowest BCUT2D eigenvalue weighted by molar-refractivity contribution is -0.122. The van der Waals surface area contributed by atoms with Crippen molar-refractivity contribution in [3.63, 3.8) is 0 Å². The second-order valence-electron chi connectivity index (χ2n) is 6.89. The zero-order chi connectivity index (χ0) is 19.0. The zero-order valence-corrected chi connectivity index (χ0v) is 15.0. The van der Waals surface area contributed by atoms with E-state index >= 15 is 0 Å². The molecule has 2 aromatic rings. The maximum atomic E-state index is 12.8. The van der Waals surface area contributed by atoms with E-state index in [1.165, 1.54) is 13.2 Å². The molecule has 3 N–H and O–H groups in total. The molecule has 140 valence electrons. The van der Waals surface area contributed by atoms with Crippen LogP contribution in [0.4, 0.5) is 11.4 Å². The number of aromatic hydroxyl groups is 1. The first-order valence-electron chi connectivity index (χ1n) is 8.87. The van der Waals surface area contributed by atoms with Crippen LogP contribution >= 0.6 is 0 Å². The van der Waals surface area contributed by atoms with Crippen molar-refractivity contribution >= 4 is 23.2 Å². The molecular formula is C20H21N3O4. The average molecular weight is 367 g/mol. The van der Waals surface area contributed by atoms with Crippen LogP contribution in [0.1, 0.15) is 23.2 Å². The summed E-state index contributed by atoms with van der Waals surface area (Å²) >= 11 is 0. The van der Waals surface area contributed by atoms with Gasteiger partial charge in [-0.1, -0.05) is 12.1 Å². The van der Waals surface area contributed by atoms with Gasteiger partial charge in [0, 0.05) is 18.7 Å². The molecule has 0 bridgehead atoms. The van der Waals surface area contributed by atoms with Gasteiger partial charge in [0.05, 0.1) is 18.5 Å². The number of nitrogens with one attached hydrogen (secondary N) is 2. The first kappa shape index (κ1) is 17.2. The summed E-state index contributed by atoms with van der Waals surface area (Å²) in [5.74, 6) is 0.0301. The highest BCUT2D eigenvalue weighted by Gasteiger charge is 2.45. The Morgan fingerprint density at radius 1 is 1.15 bits per heavy atom. The third-order valence-corrected chi connectivity index (χ3v) is 5.31. The SMILES string of the molecule is COc1ccc(C(=O)N2CCC3(CC2)Nc2ccccc2NC3=O)cc1O. The number of piperidine rings is 1. The number of phenolic OH excluding ortho intramolecular Hbond substituents is 1. The van der Waals surface area contributed by atoms with Crippen LogP contribution in [0.25, 0.3) is 0 Å². The molecule has 2 aliphatic heterocycles. The van der Waals surface area contributed by atoms with Gasteiger partial charge in [-0.05, 0) is 43.2 Å². The van der Waals surface area contributed by atoms with E-state index in [4.69, 9.17) is 4.74 Å². The molecule has 2 amide bonds. The molecule has 2 aliphatic rings. The van der Waals surface area contributed by atoms with Gasteiger partial charge in [0.15, 0.2) is 11.5 Å². The number of nitrogens with zero attached hydrogens (tertiary/aromatic N) is 1. The van der Waals surface area contributed by atoms with Gasteiger partial charge < -0.3 is 25.4 Å². The standard InChI is InChI=1S/C20H21N3O4/c1-27-17-7-6-13(12-16(17)24)18(25)23-10-8-20(9-11-23)19(26)21-14-4-2-3-5-15(14)22-20/h2-7,12,22,24H,8-11H2,1H3,(H,21,26). The van der Waals surface area contributed by atoms with Crippen molar-refractivity contribution in [2.45, 2.75) is 18.4 Å². The fourth-order valence-electron chi connectivity index (χ4n) is 3.71. The lowest BCUT2D eigenvalue weighted by Gasteiger charge is -2.44. The van der Waals surface area contributed by atoms with E-state index in [0.29, 0.717) is 37.2 Å². The number of amides is 2. The van der Waals surface area contributed by atoms with E-state index in [1.807, 2.05) is 24.3 Å². The van der Waals surface area contributed by atoms with Crippen molar-refractivity contribution in [2.75, 3.05) is 30.8 Å². The van der Waals surface area contributed by atoms with E-state index in [-0.39, 0.29) is 17.6 Å². The molecule has 2 heterocycles. The second kappa shape index (κ2) is 6.50. The van der Waals surface area contributed by atoms with E-state index in [9.17, 15) is 14.7 Å². The molecule has 1 spiro atoms. The molecule has 0 radical (unpaired) electrons. The summed E-state index contributed by atoms with van der Waals surface area (Å²) < 4.78 is 5.01. The highest BCUT2D eigenvalue weighted by molar-refractivity contribution is 6.06. The number of hydrogen-bond acceptors (Lipinski definition) is 5. The predicted molar refractivity (Wildman–Crippen MR) is 101 cm³/mol. The van der Waals surface area contributed by atoms with E-state index in [2.05, 4.69) is 10.6 Å². The number of phenols is 1. The lowest BCUT2D eigenvalue weighted by atomic mass is 9.84. The monoisotopic (exact) mass is 367 g/mol. The first-order valence-corrected chi connectivity index (χ1v) is 8.87. The maximum absolute atomic E-state index is 12.8. The number of benzene rings is 2.